The number of hydrogen-bond donors (Lipinski definition) is 1. The molecule has 144 valence electrons. The van der Waals surface area contributed by atoms with Crippen molar-refractivity contribution in [2.45, 2.75) is 38.5 Å². The highest BCUT2D eigenvalue weighted by molar-refractivity contribution is 5.67. The van der Waals surface area contributed by atoms with Crippen LogP contribution in [0.2, 0.25) is 0 Å². The number of carbonyl (C=O) groups is 1. The highest BCUT2D eigenvalue weighted by atomic mass is 16.6. The van der Waals surface area contributed by atoms with Crippen molar-refractivity contribution >= 4 is 6.09 Å². The minimum absolute atomic E-state index is 0.198. The van der Waals surface area contributed by atoms with Crippen molar-refractivity contribution in [2.24, 2.45) is 0 Å². The maximum absolute atomic E-state index is 11.8. The van der Waals surface area contributed by atoms with Gasteiger partial charge in [-0.25, -0.2) is 4.79 Å². The summed E-state index contributed by atoms with van der Waals surface area (Å²) >= 11 is 0. The first kappa shape index (κ1) is 19.1. The van der Waals surface area contributed by atoms with Crippen LogP contribution >= 0.6 is 0 Å². The van der Waals surface area contributed by atoms with E-state index in [2.05, 4.69) is 34.1 Å². The van der Waals surface area contributed by atoms with Gasteiger partial charge in [0.1, 0.15) is 0 Å². The fourth-order valence-electron chi connectivity index (χ4n) is 4.02. The smallest absolute Gasteiger partial charge is 0.409 e. The summed E-state index contributed by atoms with van der Waals surface area (Å²) in [5, 5.41) is 10.5. The lowest BCUT2D eigenvalue weighted by Crippen LogP contribution is -2.48. The predicted molar refractivity (Wildman–Crippen MR) is 101 cm³/mol. The summed E-state index contributed by atoms with van der Waals surface area (Å²) in [6.07, 6.45) is 1.37. The summed E-state index contributed by atoms with van der Waals surface area (Å²) in [7, 11) is 0. The van der Waals surface area contributed by atoms with Gasteiger partial charge in [0.25, 0.3) is 0 Å². The van der Waals surface area contributed by atoms with Gasteiger partial charge in [0.15, 0.2) is 0 Å². The number of benzene rings is 1. The average Bonchev–Trinajstić information content (AvgIpc) is 2.84. The Hall–Kier alpha value is -1.63. The molecule has 6 heteroatoms. The lowest BCUT2D eigenvalue weighted by atomic mass is 10.0. The fourth-order valence-corrected chi connectivity index (χ4v) is 4.02. The number of β-amino-alcohol motifs (C(OH)–C–C–N with tert-alkyl or cyclic N) is 1. The molecule has 1 aromatic rings. The van der Waals surface area contributed by atoms with E-state index < -0.39 is 0 Å². The van der Waals surface area contributed by atoms with E-state index in [-0.39, 0.29) is 12.2 Å². The van der Waals surface area contributed by atoms with Crippen LogP contribution in [0.1, 0.15) is 25.3 Å². The van der Waals surface area contributed by atoms with Gasteiger partial charge in [0, 0.05) is 51.9 Å². The van der Waals surface area contributed by atoms with Crippen molar-refractivity contribution < 1.29 is 14.6 Å². The average molecular weight is 361 g/mol. The lowest BCUT2D eigenvalue weighted by Gasteiger charge is -2.38. The molecule has 2 fully saturated rings. The molecule has 1 aromatic carbocycles. The number of rotatable bonds is 4. The third-order valence-electron chi connectivity index (χ3n) is 5.37. The van der Waals surface area contributed by atoms with E-state index in [1.807, 2.05) is 13.0 Å². The number of aliphatic hydroxyl groups is 1. The zero-order valence-electron chi connectivity index (χ0n) is 15.7. The number of aliphatic hydroxyl groups excluding tert-OH is 1. The van der Waals surface area contributed by atoms with E-state index in [1.165, 1.54) is 5.56 Å². The number of amides is 1. The third kappa shape index (κ3) is 5.19. The molecule has 0 aromatic heterocycles. The topological polar surface area (TPSA) is 56.2 Å². The number of hydrogen-bond acceptors (Lipinski definition) is 5. The number of piperidine rings is 1. The van der Waals surface area contributed by atoms with Crippen LogP contribution in [0.4, 0.5) is 4.79 Å². The number of ether oxygens (including phenoxy) is 1. The van der Waals surface area contributed by atoms with Gasteiger partial charge >= 0.3 is 6.09 Å². The third-order valence-corrected chi connectivity index (χ3v) is 5.37. The summed E-state index contributed by atoms with van der Waals surface area (Å²) in [6.45, 7) is 7.99. The van der Waals surface area contributed by atoms with Gasteiger partial charge in [-0.1, -0.05) is 30.3 Å². The van der Waals surface area contributed by atoms with Crippen LogP contribution in [-0.4, -0.2) is 83.9 Å². The molecule has 0 saturated carbocycles. The Balaban J connectivity index is 1.50. The first-order valence-corrected chi connectivity index (χ1v) is 9.75. The minimum atomic E-state index is -0.329. The van der Waals surface area contributed by atoms with Crippen LogP contribution in [-0.2, 0) is 11.3 Å². The zero-order chi connectivity index (χ0) is 18.4. The normalized spacial score (nSPS) is 23.6. The number of likely N-dealkylation sites (tertiary alicyclic amines) is 1. The molecule has 0 bridgehead atoms. The molecule has 2 heterocycles. The summed E-state index contributed by atoms with van der Waals surface area (Å²) < 4.78 is 5.10. The van der Waals surface area contributed by atoms with Gasteiger partial charge in [0.2, 0.25) is 0 Å². The molecular formula is C20H31N3O3. The van der Waals surface area contributed by atoms with Gasteiger partial charge in [-0.05, 0) is 25.3 Å². The maximum Gasteiger partial charge on any atom is 0.409 e. The fraction of sp³-hybridized carbons (Fsp3) is 0.650. The second kappa shape index (κ2) is 9.35. The quantitative estimate of drug-likeness (QED) is 0.886. The molecule has 0 aliphatic carbocycles. The molecule has 26 heavy (non-hydrogen) atoms. The highest BCUT2D eigenvalue weighted by Crippen LogP contribution is 2.20. The summed E-state index contributed by atoms with van der Waals surface area (Å²) in [6, 6.07) is 10.9. The SMILES string of the molecule is CCOC(=O)N1CCC(N2CCN(Cc3ccccc3)CC(O)C2)CC1. The van der Waals surface area contributed by atoms with E-state index in [9.17, 15) is 9.90 Å². The van der Waals surface area contributed by atoms with E-state index in [0.29, 0.717) is 19.2 Å². The molecule has 1 N–H and O–H groups in total. The van der Waals surface area contributed by atoms with E-state index >= 15 is 0 Å². The molecule has 6 nitrogen and oxygen atoms in total. The molecule has 1 unspecified atom stereocenters. The van der Waals surface area contributed by atoms with Gasteiger partial charge < -0.3 is 14.7 Å². The van der Waals surface area contributed by atoms with Crippen molar-refractivity contribution in [3.63, 3.8) is 0 Å². The Morgan fingerprint density at radius 1 is 1.12 bits per heavy atom. The van der Waals surface area contributed by atoms with Crippen molar-refractivity contribution in [3.8, 4) is 0 Å². The molecule has 2 aliphatic heterocycles. The van der Waals surface area contributed by atoms with Crippen LogP contribution in [0.3, 0.4) is 0 Å². The lowest BCUT2D eigenvalue weighted by molar-refractivity contribution is 0.0577. The Morgan fingerprint density at radius 3 is 2.54 bits per heavy atom. The van der Waals surface area contributed by atoms with Gasteiger partial charge in [-0.2, -0.15) is 0 Å². The Bertz CT molecular complexity index is 561. The molecule has 1 amide bonds. The van der Waals surface area contributed by atoms with Gasteiger partial charge in [-0.15, -0.1) is 0 Å². The van der Waals surface area contributed by atoms with Crippen molar-refractivity contribution in [1.82, 2.24) is 14.7 Å². The van der Waals surface area contributed by atoms with E-state index in [1.54, 1.807) is 4.90 Å². The number of nitrogens with zero attached hydrogens (tertiary/aromatic N) is 3. The first-order valence-electron chi connectivity index (χ1n) is 9.75. The molecule has 2 aliphatic rings. The summed E-state index contributed by atoms with van der Waals surface area (Å²) in [5.74, 6) is 0. The van der Waals surface area contributed by atoms with Crippen LogP contribution in [0, 0.1) is 0 Å². The standard InChI is InChI=1S/C20H31N3O3/c1-2-26-20(25)22-10-8-18(9-11-22)23-13-12-21(15-19(24)16-23)14-17-6-4-3-5-7-17/h3-7,18-19,24H,2,8-16H2,1H3. The van der Waals surface area contributed by atoms with E-state index in [4.69, 9.17) is 4.74 Å². The van der Waals surface area contributed by atoms with Crippen molar-refractivity contribution in [2.75, 3.05) is 45.9 Å². The first-order chi connectivity index (χ1) is 12.7. The van der Waals surface area contributed by atoms with Crippen molar-refractivity contribution in [1.29, 1.82) is 0 Å². The van der Waals surface area contributed by atoms with Crippen LogP contribution in [0.5, 0.6) is 0 Å². The highest BCUT2D eigenvalue weighted by Gasteiger charge is 2.30. The molecule has 2 saturated heterocycles. The Labute approximate surface area is 156 Å². The molecule has 1 atom stereocenters. The van der Waals surface area contributed by atoms with Crippen molar-refractivity contribution in [3.05, 3.63) is 35.9 Å². The molecule has 0 spiro atoms. The largest absolute Gasteiger partial charge is 0.450 e. The Morgan fingerprint density at radius 2 is 1.85 bits per heavy atom. The molecule has 0 radical (unpaired) electrons. The summed E-state index contributed by atoms with van der Waals surface area (Å²) in [5.41, 5.74) is 1.29. The van der Waals surface area contributed by atoms with Gasteiger partial charge in [-0.3, -0.25) is 9.80 Å². The Kier molecular flexibility index (Phi) is 6.88. The molecular weight excluding hydrogens is 330 g/mol. The monoisotopic (exact) mass is 361 g/mol. The van der Waals surface area contributed by atoms with Crippen LogP contribution in [0.25, 0.3) is 0 Å². The molecule has 3 rings (SSSR count). The van der Waals surface area contributed by atoms with E-state index in [0.717, 1.165) is 52.1 Å². The van der Waals surface area contributed by atoms with Crippen LogP contribution in [0.15, 0.2) is 30.3 Å². The van der Waals surface area contributed by atoms with Gasteiger partial charge in [0.05, 0.1) is 12.7 Å². The minimum Gasteiger partial charge on any atom is -0.450 e. The zero-order valence-corrected chi connectivity index (χ0v) is 15.7. The number of carbonyl (C=O) groups excluding carboxylic acids is 1. The maximum atomic E-state index is 11.8. The van der Waals surface area contributed by atoms with Crippen LogP contribution < -0.4 is 0 Å². The second-order valence-corrected chi connectivity index (χ2v) is 7.29. The summed E-state index contributed by atoms with van der Waals surface area (Å²) in [4.78, 5) is 18.4. The predicted octanol–water partition coefficient (Wildman–Crippen LogP) is 1.79. The second-order valence-electron chi connectivity index (χ2n) is 7.29.